The molecular formula is C17H20O2S. The summed E-state index contributed by atoms with van der Waals surface area (Å²) in [5.41, 5.74) is 3.49. The molecule has 0 saturated carbocycles. The van der Waals surface area contributed by atoms with Gasteiger partial charge in [-0.2, -0.15) is 0 Å². The Morgan fingerprint density at radius 2 is 1.30 bits per heavy atom. The molecule has 0 unspecified atom stereocenters. The molecule has 0 radical (unpaired) electrons. The number of benzene rings is 2. The van der Waals surface area contributed by atoms with Gasteiger partial charge >= 0.3 is 0 Å². The van der Waals surface area contributed by atoms with Crippen LogP contribution in [0.4, 0.5) is 0 Å². The topological polar surface area (TPSA) is 34.1 Å². The van der Waals surface area contributed by atoms with Crippen molar-refractivity contribution in [3.63, 3.8) is 0 Å². The highest BCUT2D eigenvalue weighted by atomic mass is 32.2. The zero-order chi connectivity index (χ0) is 14.6. The minimum absolute atomic E-state index is 0.198. The van der Waals surface area contributed by atoms with Crippen molar-refractivity contribution in [2.75, 3.05) is 5.75 Å². The van der Waals surface area contributed by atoms with Gasteiger partial charge in [0.25, 0.3) is 0 Å². The first-order chi connectivity index (χ1) is 9.47. The lowest BCUT2D eigenvalue weighted by Crippen LogP contribution is -2.07. The molecule has 106 valence electrons. The Labute approximate surface area is 121 Å². The fourth-order valence-corrected chi connectivity index (χ4v) is 3.40. The number of rotatable bonds is 5. The lowest BCUT2D eigenvalue weighted by Gasteiger charge is -2.05. The first-order valence-corrected chi connectivity index (χ1v) is 8.47. The van der Waals surface area contributed by atoms with Crippen LogP contribution in [0.3, 0.4) is 0 Å². The second-order valence-electron chi connectivity index (χ2n) is 5.22. The standard InChI is InChI=1S/C17H20O2S/c1-14-5-9-16(10-6-14)4-3-13-20(18,19)17-11-7-15(2)8-12-17/h5-12H,3-4,13H2,1-2H3. The van der Waals surface area contributed by atoms with Crippen molar-refractivity contribution in [2.45, 2.75) is 31.6 Å². The molecule has 0 aromatic heterocycles. The van der Waals surface area contributed by atoms with Crippen LogP contribution in [0.1, 0.15) is 23.1 Å². The molecule has 2 rings (SSSR count). The van der Waals surface area contributed by atoms with Gasteiger partial charge in [0.05, 0.1) is 10.6 Å². The molecule has 2 nitrogen and oxygen atoms in total. The fourth-order valence-electron chi connectivity index (χ4n) is 2.08. The Bertz CT molecular complexity index is 653. The summed E-state index contributed by atoms with van der Waals surface area (Å²) in [6.45, 7) is 4.00. The lowest BCUT2D eigenvalue weighted by atomic mass is 10.1. The maximum absolute atomic E-state index is 12.2. The number of aryl methyl sites for hydroxylation is 3. The highest BCUT2D eigenvalue weighted by Gasteiger charge is 2.13. The van der Waals surface area contributed by atoms with Crippen molar-refractivity contribution in [2.24, 2.45) is 0 Å². The van der Waals surface area contributed by atoms with E-state index in [0.29, 0.717) is 11.3 Å². The van der Waals surface area contributed by atoms with Crippen LogP contribution < -0.4 is 0 Å². The van der Waals surface area contributed by atoms with Gasteiger partial charge in [0.15, 0.2) is 9.84 Å². The van der Waals surface area contributed by atoms with Crippen LogP contribution >= 0.6 is 0 Å². The van der Waals surface area contributed by atoms with Crippen LogP contribution in [0.15, 0.2) is 53.4 Å². The Hall–Kier alpha value is -1.61. The summed E-state index contributed by atoms with van der Waals surface area (Å²) in [5, 5.41) is 0. The Morgan fingerprint density at radius 3 is 1.85 bits per heavy atom. The first-order valence-electron chi connectivity index (χ1n) is 6.82. The van der Waals surface area contributed by atoms with Crippen LogP contribution in [-0.4, -0.2) is 14.2 Å². The van der Waals surface area contributed by atoms with E-state index in [1.54, 1.807) is 12.1 Å². The predicted octanol–water partition coefficient (Wildman–Crippen LogP) is 3.71. The predicted molar refractivity (Wildman–Crippen MR) is 82.7 cm³/mol. The van der Waals surface area contributed by atoms with E-state index in [-0.39, 0.29) is 5.75 Å². The third-order valence-electron chi connectivity index (χ3n) is 3.38. The normalized spacial score (nSPS) is 11.5. The quantitative estimate of drug-likeness (QED) is 0.840. The molecule has 0 aliphatic rings. The van der Waals surface area contributed by atoms with Crippen molar-refractivity contribution in [1.82, 2.24) is 0 Å². The van der Waals surface area contributed by atoms with Crippen LogP contribution in [0.2, 0.25) is 0 Å². The highest BCUT2D eigenvalue weighted by Crippen LogP contribution is 2.14. The summed E-state index contributed by atoms with van der Waals surface area (Å²) < 4.78 is 24.4. The molecule has 0 heterocycles. The molecule has 0 saturated heterocycles. The molecule has 20 heavy (non-hydrogen) atoms. The number of hydrogen-bond donors (Lipinski definition) is 0. The molecule has 0 bridgehead atoms. The van der Waals surface area contributed by atoms with E-state index in [4.69, 9.17) is 0 Å². The summed E-state index contributed by atoms with van der Waals surface area (Å²) in [4.78, 5) is 0.423. The molecule has 3 heteroatoms. The monoisotopic (exact) mass is 288 g/mol. The van der Waals surface area contributed by atoms with Crippen molar-refractivity contribution in [3.8, 4) is 0 Å². The SMILES string of the molecule is Cc1ccc(CCCS(=O)(=O)c2ccc(C)cc2)cc1. The third-order valence-corrected chi connectivity index (χ3v) is 5.20. The first kappa shape index (κ1) is 14.8. The summed E-state index contributed by atoms with van der Waals surface area (Å²) in [5.74, 6) is 0.198. The van der Waals surface area contributed by atoms with E-state index in [2.05, 4.69) is 24.3 Å². The van der Waals surface area contributed by atoms with E-state index < -0.39 is 9.84 Å². The van der Waals surface area contributed by atoms with E-state index in [0.717, 1.165) is 12.0 Å². The molecule has 2 aromatic carbocycles. The molecule has 0 aliphatic heterocycles. The van der Waals surface area contributed by atoms with Crippen LogP contribution in [-0.2, 0) is 16.3 Å². The van der Waals surface area contributed by atoms with Gasteiger partial charge in [-0.1, -0.05) is 47.5 Å². The van der Waals surface area contributed by atoms with Gasteiger partial charge in [0.2, 0.25) is 0 Å². The van der Waals surface area contributed by atoms with Crippen molar-refractivity contribution in [3.05, 3.63) is 65.2 Å². The van der Waals surface area contributed by atoms with Gasteiger partial charge < -0.3 is 0 Å². The zero-order valence-electron chi connectivity index (χ0n) is 12.0. The molecule has 0 spiro atoms. The summed E-state index contributed by atoms with van der Waals surface area (Å²) in [7, 11) is -3.16. The van der Waals surface area contributed by atoms with E-state index in [1.165, 1.54) is 11.1 Å². The second-order valence-corrected chi connectivity index (χ2v) is 7.33. The number of sulfone groups is 1. The van der Waals surface area contributed by atoms with E-state index in [1.807, 2.05) is 26.0 Å². The highest BCUT2D eigenvalue weighted by molar-refractivity contribution is 7.91. The second kappa shape index (κ2) is 6.23. The molecular weight excluding hydrogens is 268 g/mol. The number of hydrogen-bond acceptors (Lipinski definition) is 2. The Morgan fingerprint density at radius 1 is 0.800 bits per heavy atom. The molecule has 0 N–H and O–H groups in total. The van der Waals surface area contributed by atoms with Crippen LogP contribution in [0, 0.1) is 13.8 Å². The summed E-state index contributed by atoms with van der Waals surface area (Å²) in [6.07, 6.45) is 1.45. The van der Waals surface area contributed by atoms with Crippen molar-refractivity contribution >= 4 is 9.84 Å². The molecule has 0 fully saturated rings. The van der Waals surface area contributed by atoms with Gasteiger partial charge in [-0.05, 0) is 44.4 Å². The van der Waals surface area contributed by atoms with Gasteiger partial charge in [-0.25, -0.2) is 8.42 Å². The third kappa shape index (κ3) is 3.94. The Kier molecular flexibility index (Phi) is 4.61. The maximum atomic E-state index is 12.2. The van der Waals surface area contributed by atoms with Gasteiger partial charge in [0.1, 0.15) is 0 Å². The summed E-state index contributed by atoms with van der Waals surface area (Å²) in [6, 6.07) is 15.3. The molecule has 0 amide bonds. The maximum Gasteiger partial charge on any atom is 0.178 e. The molecule has 2 aromatic rings. The van der Waals surface area contributed by atoms with Gasteiger partial charge in [0, 0.05) is 0 Å². The Balaban J connectivity index is 1.96. The van der Waals surface area contributed by atoms with Gasteiger partial charge in [-0.3, -0.25) is 0 Å². The van der Waals surface area contributed by atoms with Crippen molar-refractivity contribution < 1.29 is 8.42 Å². The van der Waals surface area contributed by atoms with E-state index >= 15 is 0 Å². The zero-order valence-corrected chi connectivity index (χ0v) is 12.8. The van der Waals surface area contributed by atoms with Crippen LogP contribution in [0.25, 0.3) is 0 Å². The summed E-state index contributed by atoms with van der Waals surface area (Å²) >= 11 is 0. The van der Waals surface area contributed by atoms with Crippen molar-refractivity contribution in [1.29, 1.82) is 0 Å². The lowest BCUT2D eigenvalue weighted by molar-refractivity contribution is 0.593. The minimum Gasteiger partial charge on any atom is -0.224 e. The average molecular weight is 288 g/mol. The van der Waals surface area contributed by atoms with E-state index in [9.17, 15) is 8.42 Å². The average Bonchev–Trinajstić information content (AvgIpc) is 2.41. The molecule has 0 aliphatic carbocycles. The van der Waals surface area contributed by atoms with Gasteiger partial charge in [-0.15, -0.1) is 0 Å². The minimum atomic E-state index is -3.16. The largest absolute Gasteiger partial charge is 0.224 e. The smallest absolute Gasteiger partial charge is 0.178 e. The molecule has 0 atom stereocenters. The fraction of sp³-hybridized carbons (Fsp3) is 0.294. The van der Waals surface area contributed by atoms with Crippen LogP contribution in [0.5, 0.6) is 0 Å².